The number of pyridine rings is 1. The van der Waals surface area contributed by atoms with Crippen LogP contribution in [0.1, 0.15) is 38.1 Å². The van der Waals surface area contributed by atoms with Crippen molar-refractivity contribution in [2.75, 3.05) is 18.4 Å². The Labute approximate surface area is 188 Å². The number of nitrogens with one attached hydrogen (secondary N) is 1. The summed E-state index contributed by atoms with van der Waals surface area (Å²) >= 11 is 0. The van der Waals surface area contributed by atoms with E-state index in [1.165, 1.54) is 22.6 Å². The van der Waals surface area contributed by atoms with E-state index in [0.717, 1.165) is 0 Å². The maximum atomic E-state index is 12.9. The maximum absolute atomic E-state index is 12.9. The Balaban J connectivity index is 1.91. The van der Waals surface area contributed by atoms with E-state index >= 15 is 0 Å². The van der Waals surface area contributed by atoms with Gasteiger partial charge >= 0.3 is 0 Å². The third-order valence-corrected chi connectivity index (χ3v) is 6.70. The number of hydrogen-bond donors (Lipinski definition) is 1. The maximum Gasteiger partial charge on any atom is 0.257 e. The second kappa shape index (κ2) is 9.92. The average Bonchev–Trinajstić information content (AvgIpc) is 3.30. The Morgan fingerprint density at radius 2 is 1.94 bits per heavy atom. The van der Waals surface area contributed by atoms with E-state index in [1.54, 1.807) is 55.2 Å². The van der Waals surface area contributed by atoms with Crippen molar-refractivity contribution >= 4 is 21.6 Å². The first kappa shape index (κ1) is 23.4. The third-order valence-electron chi connectivity index (χ3n) is 4.65. The van der Waals surface area contributed by atoms with Gasteiger partial charge in [0.25, 0.3) is 5.91 Å². The number of aromatic nitrogens is 3. The smallest absolute Gasteiger partial charge is 0.257 e. The van der Waals surface area contributed by atoms with Gasteiger partial charge in [0.2, 0.25) is 10.0 Å². The molecule has 0 saturated heterocycles. The van der Waals surface area contributed by atoms with Crippen molar-refractivity contribution in [3.63, 3.8) is 0 Å². The average molecular weight is 458 g/mol. The summed E-state index contributed by atoms with van der Waals surface area (Å²) in [7, 11) is -3.70. The molecular weight excluding hydrogens is 430 g/mol. The van der Waals surface area contributed by atoms with E-state index in [0.29, 0.717) is 30.2 Å². The van der Waals surface area contributed by atoms with Gasteiger partial charge < -0.3 is 10.1 Å². The van der Waals surface area contributed by atoms with Gasteiger partial charge in [-0.3, -0.25) is 4.79 Å². The van der Waals surface area contributed by atoms with Crippen LogP contribution >= 0.6 is 0 Å². The van der Waals surface area contributed by atoms with Crippen LogP contribution in [0.15, 0.2) is 59.9 Å². The van der Waals surface area contributed by atoms with Crippen LogP contribution in [0.5, 0.6) is 5.75 Å². The molecular formula is C22H27N5O4S. The molecule has 0 spiro atoms. The molecule has 2 aromatic heterocycles. The summed E-state index contributed by atoms with van der Waals surface area (Å²) in [6.07, 6.45) is 4.66. The largest absolute Gasteiger partial charge is 0.489 e. The van der Waals surface area contributed by atoms with Gasteiger partial charge in [-0.15, -0.1) is 0 Å². The minimum atomic E-state index is -3.70. The van der Waals surface area contributed by atoms with Crippen LogP contribution in [-0.4, -0.2) is 52.6 Å². The van der Waals surface area contributed by atoms with E-state index in [9.17, 15) is 13.2 Å². The predicted octanol–water partition coefficient (Wildman–Crippen LogP) is 3.34. The third kappa shape index (κ3) is 5.14. The molecule has 0 aliphatic rings. The van der Waals surface area contributed by atoms with Crippen molar-refractivity contribution in [2.24, 2.45) is 0 Å². The summed E-state index contributed by atoms with van der Waals surface area (Å²) in [6.45, 7) is 7.95. The Morgan fingerprint density at radius 1 is 1.19 bits per heavy atom. The Kier molecular flexibility index (Phi) is 7.26. The summed E-state index contributed by atoms with van der Waals surface area (Å²) in [6, 6.07) is 9.55. The highest BCUT2D eigenvalue weighted by atomic mass is 32.2. The molecule has 0 aliphatic carbocycles. The first-order valence-corrected chi connectivity index (χ1v) is 11.8. The van der Waals surface area contributed by atoms with E-state index in [1.807, 2.05) is 13.8 Å². The zero-order chi connectivity index (χ0) is 23.3. The monoisotopic (exact) mass is 457 g/mol. The van der Waals surface area contributed by atoms with Gasteiger partial charge in [-0.2, -0.15) is 9.40 Å². The highest BCUT2D eigenvalue weighted by molar-refractivity contribution is 7.89. The Hall–Kier alpha value is -3.24. The molecule has 10 heteroatoms. The van der Waals surface area contributed by atoms with Gasteiger partial charge in [-0.1, -0.05) is 13.8 Å². The first-order chi connectivity index (χ1) is 15.3. The fourth-order valence-corrected chi connectivity index (χ4v) is 4.58. The number of hydrogen-bond acceptors (Lipinski definition) is 6. The quantitative estimate of drug-likeness (QED) is 0.528. The lowest BCUT2D eigenvalue weighted by atomic mass is 10.2. The van der Waals surface area contributed by atoms with Crippen LogP contribution in [0.25, 0.3) is 5.82 Å². The number of nitrogens with zero attached hydrogens (tertiary/aromatic N) is 4. The standard InChI is InChI=1S/C22H27N5O4S/c1-5-26(6-2)32(29,30)18-9-10-20(31-16(3)4)19(14-18)25-22(28)17-8-11-21(23-15-17)27-13-7-12-24-27/h7-16H,5-6H2,1-4H3,(H,25,28). The number of benzene rings is 1. The van der Waals surface area contributed by atoms with Crippen molar-refractivity contribution in [2.45, 2.75) is 38.7 Å². The molecule has 1 amide bonds. The van der Waals surface area contributed by atoms with E-state index in [-0.39, 0.29) is 16.7 Å². The normalized spacial score (nSPS) is 11.7. The molecule has 170 valence electrons. The number of ether oxygens (including phenoxy) is 1. The molecule has 3 aromatic rings. The zero-order valence-corrected chi connectivity index (χ0v) is 19.3. The number of carbonyl (C=O) groups excluding carboxylic acids is 1. The van der Waals surface area contributed by atoms with Crippen molar-refractivity contribution in [3.8, 4) is 11.6 Å². The zero-order valence-electron chi connectivity index (χ0n) is 18.5. The second-order valence-corrected chi connectivity index (χ2v) is 9.16. The molecule has 1 N–H and O–H groups in total. The van der Waals surface area contributed by atoms with Gasteiger partial charge in [0, 0.05) is 31.7 Å². The number of rotatable bonds is 9. The van der Waals surface area contributed by atoms with Crippen LogP contribution in [0, 0.1) is 0 Å². The molecule has 0 fully saturated rings. The van der Waals surface area contributed by atoms with Crippen molar-refractivity contribution in [1.29, 1.82) is 0 Å². The lowest BCUT2D eigenvalue weighted by molar-refractivity contribution is 0.102. The minimum absolute atomic E-state index is 0.0831. The van der Waals surface area contributed by atoms with Crippen LogP contribution < -0.4 is 10.1 Å². The lowest BCUT2D eigenvalue weighted by Gasteiger charge is -2.20. The molecule has 0 radical (unpaired) electrons. The molecule has 2 heterocycles. The molecule has 0 unspecified atom stereocenters. The topological polar surface area (TPSA) is 106 Å². The highest BCUT2D eigenvalue weighted by Crippen LogP contribution is 2.30. The summed E-state index contributed by atoms with van der Waals surface area (Å²) in [4.78, 5) is 17.2. The number of anilines is 1. The number of amides is 1. The van der Waals surface area contributed by atoms with Gasteiger partial charge in [0.15, 0.2) is 5.82 Å². The van der Waals surface area contributed by atoms with Gasteiger partial charge in [0.05, 0.1) is 22.3 Å². The molecule has 9 nitrogen and oxygen atoms in total. The fourth-order valence-electron chi connectivity index (χ4n) is 3.09. The van der Waals surface area contributed by atoms with Crippen LogP contribution in [0.4, 0.5) is 5.69 Å². The molecule has 3 rings (SSSR count). The lowest BCUT2D eigenvalue weighted by Crippen LogP contribution is -2.30. The van der Waals surface area contributed by atoms with Crippen LogP contribution in [0.3, 0.4) is 0 Å². The Morgan fingerprint density at radius 3 is 2.50 bits per heavy atom. The Bertz CT molecular complexity index is 1160. The van der Waals surface area contributed by atoms with Gasteiger partial charge in [0.1, 0.15) is 5.75 Å². The van der Waals surface area contributed by atoms with Crippen molar-refractivity contribution in [1.82, 2.24) is 19.1 Å². The molecule has 32 heavy (non-hydrogen) atoms. The van der Waals surface area contributed by atoms with Crippen LogP contribution in [-0.2, 0) is 10.0 Å². The first-order valence-electron chi connectivity index (χ1n) is 10.3. The fraction of sp³-hybridized carbons (Fsp3) is 0.318. The van der Waals surface area contributed by atoms with Crippen molar-refractivity contribution in [3.05, 3.63) is 60.6 Å². The minimum Gasteiger partial charge on any atom is -0.489 e. The summed E-state index contributed by atoms with van der Waals surface area (Å²) < 4.78 is 34.6. The van der Waals surface area contributed by atoms with E-state index in [2.05, 4.69) is 15.4 Å². The van der Waals surface area contributed by atoms with Crippen molar-refractivity contribution < 1.29 is 17.9 Å². The number of carbonyl (C=O) groups is 1. The molecule has 0 aliphatic heterocycles. The van der Waals surface area contributed by atoms with E-state index < -0.39 is 15.9 Å². The summed E-state index contributed by atoms with van der Waals surface area (Å²) in [5.41, 5.74) is 0.585. The summed E-state index contributed by atoms with van der Waals surface area (Å²) in [5, 5.41) is 6.87. The van der Waals surface area contributed by atoms with E-state index in [4.69, 9.17) is 4.74 Å². The molecule has 1 aromatic carbocycles. The SMILES string of the molecule is CCN(CC)S(=O)(=O)c1ccc(OC(C)C)c(NC(=O)c2ccc(-n3cccn3)nc2)c1. The highest BCUT2D eigenvalue weighted by Gasteiger charge is 2.24. The molecule has 0 bridgehead atoms. The van der Waals surface area contributed by atoms with Gasteiger partial charge in [-0.25, -0.2) is 18.1 Å². The molecule has 0 atom stereocenters. The number of sulfonamides is 1. The predicted molar refractivity (Wildman–Crippen MR) is 122 cm³/mol. The second-order valence-electron chi connectivity index (χ2n) is 7.22. The van der Waals surface area contributed by atoms with Crippen LogP contribution in [0.2, 0.25) is 0 Å². The van der Waals surface area contributed by atoms with Gasteiger partial charge in [-0.05, 0) is 50.2 Å². The molecule has 0 saturated carbocycles. The summed E-state index contributed by atoms with van der Waals surface area (Å²) in [5.74, 6) is 0.520.